The van der Waals surface area contributed by atoms with E-state index in [0.29, 0.717) is 12.1 Å². The monoisotopic (exact) mass is 158 g/mol. The zero-order valence-corrected chi connectivity index (χ0v) is 8.28. The standard InChI is InChI=1S/C9H22N2/c1-5-8(3)11-9(4)7-10-6-2/h8-11H,5-7H2,1-4H3/t8?,9-/m1/s1. The van der Waals surface area contributed by atoms with Gasteiger partial charge in [-0.15, -0.1) is 0 Å². The second-order valence-corrected chi connectivity index (χ2v) is 3.18. The van der Waals surface area contributed by atoms with Crippen molar-refractivity contribution in [2.24, 2.45) is 0 Å². The summed E-state index contributed by atoms with van der Waals surface area (Å²) in [6.45, 7) is 10.9. The molecule has 0 saturated heterocycles. The Morgan fingerprint density at radius 1 is 1.09 bits per heavy atom. The summed E-state index contributed by atoms with van der Waals surface area (Å²) in [4.78, 5) is 0. The van der Waals surface area contributed by atoms with Gasteiger partial charge in [0.05, 0.1) is 0 Å². The Hall–Kier alpha value is -0.0800. The molecule has 1 unspecified atom stereocenters. The zero-order chi connectivity index (χ0) is 8.69. The molecule has 0 rings (SSSR count). The third-order valence-corrected chi connectivity index (χ3v) is 1.88. The van der Waals surface area contributed by atoms with Crippen molar-refractivity contribution in [3.05, 3.63) is 0 Å². The van der Waals surface area contributed by atoms with Crippen LogP contribution in [0.4, 0.5) is 0 Å². The minimum Gasteiger partial charge on any atom is -0.315 e. The van der Waals surface area contributed by atoms with Gasteiger partial charge in [0.15, 0.2) is 0 Å². The molecule has 0 aromatic heterocycles. The van der Waals surface area contributed by atoms with E-state index in [1.165, 1.54) is 6.42 Å². The summed E-state index contributed by atoms with van der Waals surface area (Å²) in [5.41, 5.74) is 0. The molecule has 2 atom stereocenters. The van der Waals surface area contributed by atoms with Gasteiger partial charge in [0.2, 0.25) is 0 Å². The van der Waals surface area contributed by atoms with Crippen LogP contribution in [0.3, 0.4) is 0 Å². The van der Waals surface area contributed by atoms with E-state index in [1.54, 1.807) is 0 Å². The number of hydrogen-bond acceptors (Lipinski definition) is 2. The first-order chi connectivity index (χ1) is 5.20. The van der Waals surface area contributed by atoms with E-state index in [4.69, 9.17) is 0 Å². The molecule has 2 N–H and O–H groups in total. The summed E-state index contributed by atoms with van der Waals surface area (Å²) >= 11 is 0. The fourth-order valence-corrected chi connectivity index (χ4v) is 1.02. The van der Waals surface area contributed by atoms with Crippen LogP contribution in [0.1, 0.15) is 34.1 Å². The van der Waals surface area contributed by atoms with Crippen LogP contribution in [0, 0.1) is 0 Å². The molecule has 0 radical (unpaired) electrons. The van der Waals surface area contributed by atoms with Crippen LogP contribution < -0.4 is 10.6 Å². The van der Waals surface area contributed by atoms with Crippen LogP contribution in [-0.2, 0) is 0 Å². The molecule has 0 aromatic rings. The average molecular weight is 158 g/mol. The van der Waals surface area contributed by atoms with Gasteiger partial charge in [-0.05, 0) is 26.8 Å². The summed E-state index contributed by atoms with van der Waals surface area (Å²) in [7, 11) is 0. The van der Waals surface area contributed by atoms with E-state index in [1.807, 2.05) is 0 Å². The van der Waals surface area contributed by atoms with Gasteiger partial charge in [0, 0.05) is 18.6 Å². The van der Waals surface area contributed by atoms with Crippen LogP contribution in [0.5, 0.6) is 0 Å². The molecule has 2 heteroatoms. The quantitative estimate of drug-likeness (QED) is 0.610. The first-order valence-electron chi connectivity index (χ1n) is 4.67. The van der Waals surface area contributed by atoms with Gasteiger partial charge < -0.3 is 10.6 Å². The molecular formula is C9H22N2. The maximum atomic E-state index is 3.50. The first kappa shape index (κ1) is 10.9. The average Bonchev–Trinajstić information content (AvgIpc) is 2.00. The van der Waals surface area contributed by atoms with Crippen molar-refractivity contribution in [1.82, 2.24) is 10.6 Å². The van der Waals surface area contributed by atoms with Crippen LogP contribution >= 0.6 is 0 Å². The van der Waals surface area contributed by atoms with E-state index in [9.17, 15) is 0 Å². The summed E-state index contributed by atoms with van der Waals surface area (Å²) in [6, 6.07) is 1.23. The number of nitrogens with one attached hydrogen (secondary N) is 2. The van der Waals surface area contributed by atoms with Crippen molar-refractivity contribution >= 4 is 0 Å². The lowest BCUT2D eigenvalue weighted by Gasteiger charge is -2.18. The molecule has 0 saturated carbocycles. The normalized spacial score (nSPS) is 16.4. The molecule has 0 aliphatic rings. The molecule has 68 valence electrons. The highest BCUT2D eigenvalue weighted by atomic mass is 15.0. The van der Waals surface area contributed by atoms with Gasteiger partial charge in [-0.3, -0.25) is 0 Å². The summed E-state index contributed by atoms with van der Waals surface area (Å²) in [6.07, 6.45) is 1.20. The molecule has 0 aliphatic heterocycles. The Kier molecular flexibility index (Phi) is 6.57. The van der Waals surface area contributed by atoms with Gasteiger partial charge in [-0.25, -0.2) is 0 Å². The van der Waals surface area contributed by atoms with Crippen molar-refractivity contribution in [2.45, 2.75) is 46.2 Å². The Bertz CT molecular complexity index is 83.6. The van der Waals surface area contributed by atoms with E-state index in [-0.39, 0.29) is 0 Å². The van der Waals surface area contributed by atoms with Crippen molar-refractivity contribution in [3.63, 3.8) is 0 Å². The molecule has 0 aliphatic carbocycles. The fourth-order valence-electron chi connectivity index (χ4n) is 1.02. The number of likely N-dealkylation sites (N-methyl/N-ethyl adjacent to an activating group) is 1. The number of hydrogen-bond donors (Lipinski definition) is 2. The maximum Gasteiger partial charge on any atom is 0.0166 e. The van der Waals surface area contributed by atoms with Crippen LogP contribution in [0.25, 0.3) is 0 Å². The SMILES string of the molecule is CCNC[C@@H](C)NC(C)CC. The van der Waals surface area contributed by atoms with Crippen molar-refractivity contribution in [1.29, 1.82) is 0 Å². The predicted molar refractivity (Wildman–Crippen MR) is 50.9 cm³/mol. The second-order valence-electron chi connectivity index (χ2n) is 3.18. The molecule has 0 heterocycles. The summed E-state index contributed by atoms with van der Waals surface area (Å²) in [5, 5.41) is 6.82. The Morgan fingerprint density at radius 2 is 1.73 bits per heavy atom. The highest BCUT2D eigenvalue weighted by Crippen LogP contribution is 1.90. The van der Waals surface area contributed by atoms with Crippen molar-refractivity contribution in [2.75, 3.05) is 13.1 Å². The topological polar surface area (TPSA) is 24.1 Å². The minimum absolute atomic E-state index is 0.588. The van der Waals surface area contributed by atoms with Crippen molar-refractivity contribution in [3.8, 4) is 0 Å². The molecule has 0 fully saturated rings. The minimum atomic E-state index is 0.588. The fraction of sp³-hybridized carbons (Fsp3) is 1.00. The molecule has 0 amide bonds. The van der Waals surface area contributed by atoms with Gasteiger partial charge >= 0.3 is 0 Å². The van der Waals surface area contributed by atoms with Gasteiger partial charge in [0.1, 0.15) is 0 Å². The lowest BCUT2D eigenvalue weighted by atomic mass is 10.2. The second kappa shape index (κ2) is 6.62. The molecule has 2 nitrogen and oxygen atoms in total. The van der Waals surface area contributed by atoms with Gasteiger partial charge in [0.25, 0.3) is 0 Å². The molecule has 0 bridgehead atoms. The first-order valence-corrected chi connectivity index (χ1v) is 4.67. The molecule has 0 spiro atoms. The predicted octanol–water partition coefficient (Wildman–Crippen LogP) is 1.37. The van der Waals surface area contributed by atoms with Crippen LogP contribution in [0.15, 0.2) is 0 Å². The summed E-state index contributed by atoms with van der Waals surface area (Å²) in [5.74, 6) is 0. The van der Waals surface area contributed by atoms with E-state index >= 15 is 0 Å². The zero-order valence-electron chi connectivity index (χ0n) is 8.28. The van der Waals surface area contributed by atoms with Crippen molar-refractivity contribution < 1.29 is 0 Å². The maximum absolute atomic E-state index is 3.50. The lowest BCUT2D eigenvalue weighted by Crippen LogP contribution is -2.40. The number of rotatable bonds is 6. The Balaban J connectivity index is 3.27. The molecule has 11 heavy (non-hydrogen) atoms. The third-order valence-electron chi connectivity index (χ3n) is 1.88. The highest BCUT2D eigenvalue weighted by molar-refractivity contribution is 4.67. The summed E-state index contributed by atoms with van der Waals surface area (Å²) < 4.78 is 0. The highest BCUT2D eigenvalue weighted by Gasteiger charge is 2.03. The van der Waals surface area contributed by atoms with Crippen LogP contribution in [0.2, 0.25) is 0 Å². The Labute approximate surface area is 70.8 Å². The van der Waals surface area contributed by atoms with Gasteiger partial charge in [-0.2, -0.15) is 0 Å². The molecule has 0 aromatic carbocycles. The largest absolute Gasteiger partial charge is 0.315 e. The van der Waals surface area contributed by atoms with E-state index in [0.717, 1.165) is 13.1 Å². The Morgan fingerprint density at radius 3 is 2.18 bits per heavy atom. The smallest absolute Gasteiger partial charge is 0.0166 e. The lowest BCUT2D eigenvalue weighted by molar-refractivity contribution is 0.439. The molecular weight excluding hydrogens is 136 g/mol. The third kappa shape index (κ3) is 6.32. The van der Waals surface area contributed by atoms with Gasteiger partial charge in [-0.1, -0.05) is 13.8 Å². The van der Waals surface area contributed by atoms with Crippen LogP contribution in [-0.4, -0.2) is 25.2 Å². The van der Waals surface area contributed by atoms with E-state index < -0.39 is 0 Å². The van der Waals surface area contributed by atoms with E-state index in [2.05, 4.69) is 38.3 Å².